The molecule has 3 heterocycles. The Morgan fingerprint density at radius 2 is 2.21 bits per heavy atom. The fourth-order valence-corrected chi connectivity index (χ4v) is 2.76. The Hall–Kier alpha value is -2.55. The van der Waals surface area contributed by atoms with Gasteiger partial charge in [0, 0.05) is 38.4 Å². The number of carbonyl (C=O) groups is 1. The first-order valence-electron chi connectivity index (χ1n) is 8.04. The summed E-state index contributed by atoms with van der Waals surface area (Å²) in [5.74, 6) is 0.553. The van der Waals surface area contributed by atoms with Gasteiger partial charge in [0.15, 0.2) is 0 Å². The Labute approximate surface area is 139 Å². The number of anilines is 1. The molecule has 0 saturated carbocycles. The van der Waals surface area contributed by atoms with Gasteiger partial charge in [-0.2, -0.15) is 5.10 Å². The zero-order valence-corrected chi connectivity index (χ0v) is 13.3. The van der Waals surface area contributed by atoms with Crippen LogP contribution in [0.5, 0.6) is 0 Å². The van der Waals surface area contributed by atoms with Crippen LogP contribution in [0.3, 0.4) is 0 Å². The number of carbonyl (C=O) groups excluding carboxylic acids is 1. The van der Waals surface area contributed by atoms with Gasteiger partial charge in [0.2, 0.25) is 11.9 Å². The van der Waals surface area contributed by atoms with Crippen LogP contribution in [0.1, 0.15) is 19.3 Å². The average molecular weight is 331 g/mol. The van der Waals surface area contributed by atoms with Gasteiger partial charge in [0.05, 0.1) is 12.1 Å². The molecule has 0 aromatic carbocycles. The summed E-state index contributed by atoms with van der Waals surface area (Å²) in [4.78, 5) is 26.0. The summed E-state index contributed by atoms with van der Waals surface area (Å²) >= 11 is 0. The minimum Gasteiger partial charge on any atom is -0.389 e. The van der Waals surface area contributed by atoms with Gasteiger partial charge in [0.25, 0.3) is 0 Å². The van der Waals surface area contributed by atoms with Crippen molar-refractivity contribution in [1.29, 1.82) is 0 Å². The maximum Gasteiger partial charge on any atom is 0.222 e. The number of rotatable bonds is 6. The van der Waals surface area contributed by atoms with Crippen molar-refractivity contribution in [3.63, 3.8) is 0 Å². The molecule has 2 aromatic heterocycles. The van der Waals surface area contributed by atoms with E-state index in [4.69, 9.17) is 0 Å². The van der Waals surface area contributed by atoms with Crippen molar-refractivity contribution in [1.82, 2.24) is 29.6 Å². The van der Waals surface area contributed by atoms with Gasteiger partial charge in [-0.15, -0.1) is 0 Å². The van der Waals surface area contributed by atoms with E-state index in [1.165, 1.54) is 6.33 Å². The van der Waals surface area contributed by atoms with Crippen LogP contribution >= 0.6 is 0 Å². The minimum absolute atomic E-state index is 0.0589. The van der Waals surface area contributed by atoms with Gasteiger partial charge in [-0.05, 0) is 18.9 Å². The van der Waals surface area contributed by atoms with E-state index in [-0.39, 0.29) is 11.9 Å². The molecule has 0 spiro atoms. The molecule has 1 fully saturated rings. The first-order valence-corrected chi connectivity index (χ1v) is 8.04. The first-order chi connectivity index (χ1) is 11.7. The molecular weight excluding hydrogens is 310 g/mol. The second-order valence-electron chi connectivity index (χ2n) is 5.78. The van der Waals surface area contributed by atoms with Crippen LogP contribution in [0.2, 0.25) is 0 Å². The number of β-amino-alcohol motifs (C(OH)–C–C–N with tert-alkyl or cyclic N) is 1. The number of likely N-dealkylation sites (tertiary alicyclic amines) is 1. The first kappa shape index (κ1) is 16.3. The van der Waals surface area contributed by atoms with Crippen molar-refractivity contribution < 1.29 is 9.90 Å². The summed E-state index contributed by atoms with van der Waals surface area (Å²) in [6.45, 7) is 1.61. The number of amides is 1. The highest BCUT2D eigenvalue weighted by Gasteiger charge is 2.30. The smallest absolute Gasteiger partial charge is 0.222 e. The summed E-state index contributed by atoms with van der Waals surface area (Å²) in [5, 5.41) is 17.4. The molecule has 24 heavy (non-hydrogen) atoms. The molecular formula is C15H21N7O2. The predicted molar refractivity (Wildman–Crippen MR) is 85.9 cm³/mol. The average Bonchev–Trinajstić information content (AvgIpc) is 3.11. The largest absolute Gasteiger partial charge is 0.389 e. The van der Waals surface area contributed by atoms with Gasteiger partial charge >= 0.3 is 0 Å². The monoisotopic (exact) mass is 331 g/mol. The number of hydrogen-bond donors (Lipinski definition) is 2. The Bertz CT molecular complexity index is 635. The van der Waals surface area contributed by atoms with Gasteiger partial charge in [0.1, 0.15) is 12.7 Å². The SMILES string of the molecule is O=C(CCCn1cncn1)N1CC[C@@H](Nc2ncccn2)[C@H](O)C1. The predicted octanol–water partition coefficient (Wildman–Crippen LogP) is -0.0778. The zero-order chi connectivity index (χ0) is 16.8. The van der Waals surface area contributed by atoms with E-state index in [0.717, 1.165) is 0 Å². The molecule has 3 rings (SSSR count). The lowest BCUT2D eigenvalue weighted by Gasteiger charge is -2.36. The van der Waals surface area contributed by atoms with Gasteiger partial charge in [-0.1, -0.05) is 0 Å². The highest BCUT2D eigenvalue weighted by molar-refractivity contribution is 5.76. The summed E-state index contributed by atoms with van der Waals surface area (Å²) in [6, 6.07) is 1.59. The van der Waals surface area contributed by atoms with E-state index < -0.39 is 6.10 Å². The fraction of sp³-hybridized carbons (Fsp3) is 0.533. The molecule has 0 radical (unpaired) electrons. The lowest BCUT2D eigenvalue weighted by atomic mass is 10.0. The zero-order valence-electron chi connectivity index (χ0n) is 13.3. The summed E-state index contributed by atoms with van der Waals surface area (Å²) in [7, 11) is 0. The van der Waals surface area contributed by atoms with Crippen LogP contribution in [0.25, 0.3) is 0 Å². The van der Waals surface area contributed by atoms with Crippen LogP contribution in [-0.4, -0.2) is 65.9 Å². The van der Waals surface area contributed by atoms with Gasteiger partial charge in [-0.25, -0.2) is 15.0 Å². The van der Waals surface area contributed by atoms with E-state index in [0.29, 0.717) is 44.8 Å². The van der Waals surface area contributed by atoms with Crippen LogP contribution in [0, 0.1) is 0 Å². The number of nitrogens with zero attached hydrogens (tertiary/aromatic N) is 6. The Morgan fingerprint density at radius 3 is 2.92 bits per heavy atom. The van der Waals surface area contributed by atoms with Gasteiger partial charge < -0.3 is 15.3 Å². The maximum atomic E-state index is 12.3. The Balaban J connectivity index is 1.43. The fourth-order valence-electron chi connectivity index (χ4n) is 2.76. The molecule has 1 amide bonds. The second-order valence-corrected chi connectivity index (χ2v) is 5.78. The van der Waals surface area contributed by atoms with Crippen molar-refractivity contribution >= 4 is 11.9 Å². The van der Waals surface area contributed by atoms with Gasteiger partial charge in [-0.3, -0.25) is 9.48 Å². The number of nitrogens with one attached hydrogen (secondary N) is 1. The molecule has 128 valence electrons. The second kappa shape index (κ2) is 7.82. The lowest BCUT2D eigenvalue weighted by Crippen LogP contribution is -2.51. The molecule has 2 aromatic rings. The van der Waals surface area contributed by atoms with E-state index >= 15 is 0 Å². The Kier molecular flexibility index (Phi) is 5.32. The van der Waals surface area contributed by atoms with Crippen LogP contribution in [0.4, 0.5) is 5.95 Å². The van der Waals surface area contributed by atoms with Crippen LogP contribution < -0.4 is 5.32 Å². The highest BCUT2D eigenvalue weighted by atomic mass is 16.3. The number of aromatic nitrogens is 5. The minimum atomic E-state index is -0.637. The molecule has 1 saturated heterocycles. The number of aliphatic hydroxyl groups excluding tert-OH is 1. The van der Waals surface area contributed by atoms with E-state index in [9.17, 15) is 9.90 Å². The summed E-state index contributed by atoms with van der Waals surface area (Å²) in [5.41, 5.74) is 0. The quantitative estimate of drug-likeness (QED) is 0.762. The number of piperidine rings is 1. The normalized spacial score (nSPS) is 20.8. The van der Waals surface area contributed by atoms with Crippen molar-refractivity contribution in [3.8, 4) is 0 Å². The third kappa shape index (κ3) is 4.25. The van der Waals surface area contributed by atoms with E-state index in [2.05, 4.69) is 25.4 Å². The Morgan fingerprint density at radius 1 is 1.38 bits per heavy atom. The molecule has 1 aliphatic heterocycles. The topological polar surface area (TPSA) is 109 Å². The highest BCUT2D eigenvalue weighted by Crippen LogP contribution is 2.16. The molecule has 9 heteroatoms. The van der Waals surface area contributed by atoms with E-state index in [1.807, 2.05) is 0 Å². The third-order valence-electron chi connectivity index (χ3n) is 4.06. The molecule has 2 atom stereocenters. The van der Waals surface area contributed by atoms with E-state index in [1.54, 1.807) is 34.4 Å². The standard InChI is InChI=1S/C15H21N7O2/c23-13-9-21(14(24)3-1-7-22-11-16-10-19-22)8-4-12(13)20-15-17-5-2-6-18-15/h2,5-6,10-13,23H,1,3-4,7-9H2,(H,17,18,20)/t12-,13-/m1/s1. The van der Waals surface area contributed by atoms with Crippen LogP contribution in [0.15, 0.2) is 31.1 Å². The third-order valence-corrected chi connectivity index (χ3v) is 4.06. The number of aryl methyl sites for hydroxylation is 1. The van der Waals surface area contributed by atoms with Crippen molar-refractivity contribution in [2.24, 2.45) is 0 Å². The number of aliphatic hydroxyl groups is 1. The maximum absolute atomic E-state index is 12.3. The lowest BCUT2D eigenvalue weighted by molar-refractivity contribution is -0.134. The van der Waals surface area contributed by atoms with Crippen molar-refractivity contribution in [2.75, 3.05) is 18.4 Å². The molecule has 0 unspecified atom stereocenters. The molecule has 0 bridgehead atoms. The molecule has 0 aliphatic carbocycles. The van der Waals surface area contributed by atoms with Crippen LogP contribution in [-0.2, 0) is 11.3 Å². The summed E-state index contributed by atoms with van der Waals surface area (Å²) in [6.07, 6.45) is 7.57. The molecule has 1 aliphatic rings. The van der Waals surface area contributed by atoms with Crippen molar-refractivity contribution in [2.45, 2.75) is 38.0 Å². The molecule has 2 N–H and O–H groups in total. The number of hydrogen-bond acceptors (Lipinski definition) is 7. The summed E-state index contributed by atoms with van der Waals surface area (Å²) < 4.78 is 1.71. The van der Waals surface area contributed by atoms with Crippen molar-refractivity contribution in [3.05, 3.63) is 31.1 Å². The molecule has 9 nitrogen and oxygen atoms in total.